The number of amides is 1. The van der Waals surface area contributed by atoms with E-state index in [1.807, 2.05) is 36.4 Å². The number of hydrogen-bond donors (Lipinski definition) is 0. The highest BCUT2D eigenvalue weighted by Gasteiger charge is 2.32. The number of pyridine rings is 1. The number of halogens is 3. The number of alkyl halides is 3. The van der Waals surface area contributed by atoms with Crippen LogP contribution in [0.15, 0.2) is 96.0 Å². The van der Waals surface area contributed by atoms with Gasteiger partial charge in [-0.2, -0.15) is 13.2 Å². The molecule has 0 aliphatic rings. The van der Waals surface area contributed by atoms with E-state index >= 15 is 0 Å². The maximum absolute atomic E-state index is 13.5. The van der Waals surface area contributed by atoms with E-state index in [1.165, 1.54) is 35.4 Å². The van der Waals surface area contributed by atoms with Gasteiger partial charge in [0.1, 0.15) is 12.3 Å². The number of carbonyl (C=O) groups excluding carboxylic acids is 2. The second kappa shape index (κ2) is 12.9. The van der Waals surface area contributed by atoms with Gasteiger partial charge in [0.2, 0.25) is 5.91 Å². The Morgan fingerprint density at radius 1 is 0.975 bits per heavy atom. The molecule has 206 valence electrons. The second-order valence-electron chi connectivity index (χ2n) is 8.81. The van der Waals surface area contributed by atoms with Gasteiger partial charge in [-0.1, -0.05) is 41.6 Å². The molecular formula is C30H26F3N3O4. The average Bonchev–Trinajstić information content (AvgIpc) is 3.48. The molecule has 0 saturated carbocycles. The van der Waals surface area contributed by atoms with Crippen molar-refractivity contribution in [3.05, 3.63) is 114 Å². The van der Waals surface area contributed by atoms with Crippen molar-refractivity contribution < 1.29 is 32.0 Å². The Morgan fingerprint density at radius 3 is 2.25 bits per heavy atom. The number of rotatable bonds is 10. The Bertz CT molecular complexity index is 1420. The summed E-state index contributed by atoms with van der Waals surface area (Å²) in [4.78, 5) is 31.9. The molecule has 0 saturated heterocycles. The van der Waals surface area contributed by atoms with Crippen LogP contribution in [0.1, 0.15) is 29.3 Å². The van der Waals surface area contributed by atoms with Gasteiger partial charge in [0.05, 0.1) is 17.9 Å². The fourth-order valence-electron chi connectivity index (χ4n) is 4.03. The predicted octanol–water partition coefficient (Wildman–Crippen LogP) is 5.97. The summed E-state index contributed by atoms with van der Waals surface area (Å²) in [5, 5.41) is 3.88. The summed E-state index contributed by atoms with van der Waals surface area (Å²) in [5.41, 5.74) is 2.74. The second-order valence-corrected chi connectivity index (χ2v) is 8.81. The van der Waals surface area contributed by atoms with E-state index in [-0.39, 0.29) is 19.6 Å². The Hall–Kier alpha value is -4.73. The summed E-state index contributed by atoms with van der Waals surface area (Å²) in [5.74, 6) is -1.14. The Labute approximate surface area is 228 Å². The largest absolute Gasteiger partial charge is 0.464 e. The number of esters is 1. The molecule has 0 N–H and O–H groups in total. The molecule has 4 rings (SSSR count). The van der Waals surface area contributed by atoms with E-state index in [0.717, 1.165) is 28.8 Å². The highest BCUT2D eigenvalue weighted by Crippen LogP contribution is 2.29. The fourth-order valence-corrected chi connectivity index (χ4v) is 4.03. The highest BCUT2D eigenvalue weighted by molar-refractivity contribution is 5.94. The Morgan fingerprint density at radius 2 is 1.65 bits per heavy atom. The quantitative estimate of drug-likeness (QED) is 0.179. The minimum Gasteiger partial charge on any atom is -0.464 e. The van der Waals surface area contributed by atoms with Crippen LogP contribution >= 0.6 is 0 Å². The van der Waals surface area contributed by atoms with Gasteiger partial charge in [0.25, 0.3) is 0 Å². The number of carbonyl (C=O) groups is 2. The molecule has 1 unspecified atom stereocenters. The van der Waals surface area contributed by atoms with Crippen LogP contribution < -0.4 is 0 Å². The third-order valence-electron chi connectivity index (χ3n) is 6.09. The molecule has 2 heterocycles. The maximum Gasteiger partial charge on any atom is 0.416 e. The number of benzene rings is 2. The molecule has 2 aromatic carbocycles. The first-order valence-electron chi connectivity index (χ1n) is 12.5. The Balaban J connectivity index is 1.62. The minimum absolute atomic E-state index is 0.0459. The molecule has 2 aromatic heterocycles. The van der Waals surface area contributed by atoms with Crippen molar-refractivity contribution in [2.45, 2.75) is 32.1 Å². The van der Waals surface area contributed by atoms with Crippen molar-refractivity contribution in [2.24, 2.45) is 0 Å². The van der Waals surface area contributed by atoms with Crippen molar-refractivity contribution in [2.75, 3.05) is 6.61 Å². The average molecular weight is 550 g/mol. The predicted molar refractivity (Wildman–Crippen MR) is 141 cm³/mol. The van der Waals surface area contributed by atoms with Gasteiger partial charge < -0.3 is 14.2 Å². The summed E-state index contributed by atoms with van der Waals surface area (Å²) in [6.07, 6.45) is 2.97. The van der Waals surface area contributed by atoms with Crippen molar-refractivity contribution in [1.29, 1.82) is 0 Å². The zero-order valence-electron chi connectivity index (χ0n) is 21.5. The molecule has 10 heteroatoms. The third kappa shape index (κ3) is 7.43. The van der Waals surface area contributed by atoms with Crippen LogP contribution in [0.25, 0.3) is 17.2 Å². The number of ether oxygens (including phenoxy) is 1. The van der Waals surface area contributed by atoms with Gasteiger partial charge >= 0.3 is 12.1 Å². The van der Waals surface area contributed by atoms with Crippen LogP contribution in [0.5, 0.6) is 0 Å². The summed E-state index contributed by atoms with van der Waals surface area (Å²) in [7, 11) is 0. The van der Waals surface area contributed by atoms with Gasteiger partial charge in [0.15, 0.2) is 0 Å². The number of hydrogen-bond acceptors (Lipinski definition) is 6. The van der Waals surface area contributed by atoms with Gasteiger partial charge in [-0.15, -0.1) is 0 Å². The van der Waals surface area contributed by atoms with Crippen LogP contribution in [0.2, 0.25) is 0 Å². The van der Waals surface area contributed by atoms with Crippen molar-refractivity contribution in [1.82, 2.24) is 15.0 Å². The zero-order valence-corrected chi connectivity index (χ0v) is 21.5. The summed E-state index contributed by atoms with van der Waals surface area (Å²) in [6, 6.07) is 16.3. The van der Waals surface area contributed by atoms with Gasteiger partial charge in [-0.25, -0.2) is 4.79 Å². The lowest BCUT2D eigenvalue weighted by Gasteiger charge is -2.29. The minimum atomic E-state index is -4.46. The van der Waals surface area contributed by atoms with Crippen molar-refractivity contribution in [3.63, 3.8) is 0 Å². The van der Waals surface area contributed by atoms with Gasteiger partial charge in [-0.05, 0) is 59.5 Å². The van der Waals surface area contributed by atoms with E-state index in [2.05, 4.69) is 10.1 Å². The molecule has 40 heavy (non-hydrogen) atoms. The molecule has 0 radical (unpaired) electrons. The van der Waals surface area contributed by atoms with Crippen molar-refractivity contribution >= 4 is 18.0 Å². The standard InChI is InChI=1S/C30H26F3N3O4/c1-2-39-29(38)27(19-26-15-18-40-35-26)36(20-22-3-8-23(9-4-22)24-13-16-34-17-14-24)28(37)12-7-21-5-10-25(11-6-21)30(31,32)33/h3-18,27H,2,19-20H2,1H3. The van der Waals surface area contributed by atoms with Crippen LogP contribution in [-0.2, 0) is 33.5 Å². The zero-order chi connectivity index (χ0) is 28.5. The molecule has 0 aliphatic carbocycles. The summed E-state index contributed by atoms with van der Waals surface area (Å²) < 4.78 is 48.9. The molecule has 1 amide bonds. The first-order valence-corrected chi connectivity index (χ1v) is 12.5. The third-order valence-corrected chi connectivity index (χ3v) is 6.09. The van der Waals surface area contributed by atoms with Gasteiger partial charge in [-0.3, -0.25) is 9.78 Å². The van der Waals surface area contributed by atoms with Gasteiger partial charge in [0, 0.05) is 37.5 Å². The van der Waals surface area contributed by atoms with Crippen LogP contribution in [0.3, 0.4) is 0 Å². The summed E-state index contributed by atoms with van der Waals surface area (Å²) in [6.45, 7) is 1.84. The van der Waals surface area contributed by atoms with E-state index in [9.17, 15) is 22.8 Å². The van der Waals surface area contributed by atoms with Crippen LogP contribution in [0, 0.1) is 0 Å². The molecule has 0 bridgehead atoms. The van der Waals surface area contributed by atoms with E-state index in [0.29, 0.717) is 11.3 Å². The lowest BCUT2D eigenvalue weighted by Crippen LogP contribution is -2.46. The molecule has 4 aromatic rings. The van der Waals surface area contributed by atoms with E-state index in [4.69, 9.17) is 9.26 Å². The lowest BCUT2D eigenvalue weighted by molar-refractivity contribution is -0.154. The molecular weight excluding hydrogens is 523 g/mol. The summed E-state index contributed by atoms with van der Waals surface area (Å²) >= 11 is 0. The lowest BCUT2D eigenvalue weighted by atomic mass is 10.0. The first-order chi connectivity index (χ1) is 19.2. The first kappa shape index (κ1) is 28.3. The van der Waals surface area contributed by atoms with Crippen LogP contribution in [-0.4, -0.2) is 39.6 Å². The van der Waals surface area contributed by atoms with E-state index in [1.54, 1.807) is 25.4 Å². The fraction of sp³-hybridized carbons (Fsp3) is 0.200. The normalized spacial score (nSPS) is 12.3. The maximum atomic E-state index is 13.5. The molecule has 1 atom stereocenters. The SMILES string of the molecule is CCOC(=O)C(Cc1ccon1)N(Cc1ccc(-c2ccncc2)cc1)C(=O)C=Cc1ccc(C(F)(F)F)cc1. The number of nitrogens with zero attached hydrogens (tertiary/aromatic N) is 3. The molecule has 0 spiro atoms. The van der Waals surface area contributed by atoms with Crippen LogP contribution in [0.4, 0.5) is 13.2 Å². The Kier molecular flexibility index (Phi) is 9.11. The van der Waals surface area contributed by atoms with Crippen molar-refractivity contribution in [3.8, 4) is 11.1 Å². The highest BCUT2D eigenvalue weighted by atomic mass is 19.4. The smallest absolute Gasteiger partial charge is 0.416 e. The molecule has 0 fully saturated rings. The topological polar surface area (TPSA) is 85.5 Å². The monoisotopic (exact) mass is 549 g/mol. The number of aromatic nitrogens is 2. The molecule has 0 aliphatic heterocycles. The molecule has 7 nitrogen and oxygen atoms in total. The van der Waals surface area contributed by atoms with E-state index < -0.39 is 29.7 Å².